The number of esters is 1. The van der Waals surface area contributed by atoms with Gasteiger partial charge in [-0.25, -0.2) is 9.78 Å². The first-order valence-electron chi connectivity index (χ1n) is 5.91. The summed E-state index contributed by atoms with van der Waals surface area (Å²) < 4.78 is 46.1. The first-order chi connectivity index (χ1) is 10.3. The minimum atomic E-state index is -4.88. The SMILES string of the molecule is COC(=O)c1ccnc(Cl)c1-c1ccccc1OC(F)(F)F. The summed E-state index contributed by atoms with van der Waals surface area (Å²) in [7, 11) is 1.15. The third-order valence-corrected chi connectivity index (χ3v) is 2.98. The molecule has 0 saturated carbocycles. The maximum Gasteiger partial charge on any atom is 0.573 e. The number of carbonyl (C=O) groups is 1. The van der Waals surface area contributed by atoms with Crippen molar-refractivity contribution in [2.24, 2.45) is 0 Å². The van der Waals surface area contributed by atoms with Crippen LogP contribution >= 0.6 is 11.6 Å². The van der Waals surface area contributed by atoms with Gasteiger partial charge in [-0.05, 0) is 12.1 Å². The van der Waals surface area contributed by atoms with Gasteiger partial charge >= 0.3 is 12.3 Å². The van der Waals surface area contributed by atoms with Crippen molar-refractivity contribution in [3.63, 3.8) is 0 Å². The Labute approximate surface area is 128 Å². The molecule has 0 unspecified atom stereocenters. The maximum absolute atomic E-state index is 12.5. The summed E-state index contributed by atoms with van der Waals surface area (Å²) in [5, 5.41) is -0.138. The van der Waals surface area contributed by atoms with Gasteiger partial charge in [-0.2, -0.15) is 0 Å². The number of hydrogen-bond acceptors (Lipinski definition) is 4. The van der Waals surface area contributed by atoms with Crippen molar-refractivity contribution < 1.29 is 27.4 Å². The standard InChI is InChI=1S/C14H9ClF3NO3/c1-21-13(20)9-6-7-19-12(15)11(9)8-4-2-3-5-10(8)22-14(16,17)18/h2-7H,1H3. The molecular weight excluding hydrogens is 323 g/mol. The molecule has 0 spiro atoms. The van der Waals surface area contributed by atoms with Crippen LogP contribution in [0, 0.1) is 0 Å². The first-order valence-corrected chi connectivity index (χ1v) is 6.29. The average Bonchev–Trinajstić information content (AvgIpc) is 2.45. The summed E-state index contributed by atoms with van der Waals surface area (Å²) in [4.78, 5) is 15.6. The first kappa shape index (κ1) is 16.1. The fourth-order valence-electron chi connectivity index (χ4n) is 1.86. The lowest BCUT2D eigenvalue weighted by atomic mass is 10.0. The molecule has 1 aromatic heterocycles. The Bertz CT molecular complexity index is 704. The molecule has 4 nitrogen and oxygen atoms in total. The van der Waals surface area contributed by atoms with Gasteiger partial charge in [0.15, 0.2) is 0 Å². The van der Waals surface area contributed by atoms with Gasteiger partial charge in [0.2, 0.25) is 0 Å². The zero-order chi connectivity index (χ0) is 16.3. The van der Waals surface area contributed by atoms with E-state index in [4.69, 9.17) is 11.6 Å². The number of aromatic nitrogens is 1. The number of hydrogen-bond donors (Lipinski definition) is 0. The topological polar surface area (TPSA) is 48.4 Å². The average molecular weight is 332 g/mol. The summed E-state index contributed by atoms with van der Waals surface area (Å²) >= 11 is 5.95. The van der Waals surface area contributed by atoms with E-state index >= 15 is 0 Å². The lowest BCUT2D eigenvalue weighted by molar-refractivity contribution is -0.274. The second kappa shape index (κ2) is 6.23. The van der Waals surface area contributed by atoms with Gasteiger partial charge in [-0.15, -0.1) is 13.2 Å². The second-order valence-electron chi connectivity index (χ2n) is 4.06. The van der Waals surface area contributed by atoms with E-state index in [0.29, 0.717) is 0 Å². The summed E-state index contributed by atoms with van der Waals surface area (Å²) in [5.74, 6) is -1.24. The van der Waals surface area contributed by atoms with Crippen LogP contribution in [-0.4, -0.2) is 24.4 Å². The van der Waals surface area contributed by atoms with E-state index in [2.05, 4.69) is 14.5 Å². The van der Waals surface area contributed by atoms with Crippen LogP contribution in [0.15, 0.2) is 36.5 Å². The van der Waals surface area contributed by atoms with E-state index in [9.17, 15) is 18.0 Å². The molecule has 0 aliphatic carbocycles. The van der Waals surface area contributed by atoms with Crippen LogP contribution < -0.4 is 4.74 Å². The number of alkyl halides is 3. The Hall–Kier alpha value is -2.28. The van der Waals surface area contributed by atoms with E-state index in [1.807, 2.05) is 0 Å². The molecule has 1 aromatic carbocycles. The highest BCUT2D eigenvalue weighted by Gasteiger charge is 2.33. The smallest absolute Gasteiger partial charge is 0.465 e. The number of halogens is 4. The molecule has 0 radical (unpaired) electrons. The van der Waals surface area contributed by atoms with E-state index in [-0.39, 0.29) is 21.8 Å². The molecule has 2 rings (SSSR count). The molecule has 0 atom stereocenters. The number of methoxy groups -OCH3 is 1. The maximum atomic E-state index is 12.5. The summed E-state index contributed by atoms with van der Waals surface area (Å²) in [5.41, 5.74) is -0.0186. The van der Waals surface area contributed by atoms with Crippen molar-refractivity contribution in [2.75, 3.05) is 7.11 Å². The fraction of sp³-hybridized carbons (Fsp3) is 0.143. The molecule has 0 saturated heterocycles. The van der Waals surface area contributed by atoms with Gasteiger partial charge in [0, 0.05) is 17.3 Å². The van der Waals surface area contributed by atoms with Crippen molar-refractivity contribution in [2.45, 2.75) is 6.36 Å². The van der Waals surface area contributed by atoms with E-state index in [1.54, 1.807) is 0 Å². The van der Waals surface area contributed by atoms with E-state index in [1.165, 1.54) is 30.5 Å². The summed E-state index contributed by atoms with van der Waals surface area (Å²) in [6.45, 7) is 0. The molecule has 1 heterocycles. The minimum absolute atomic E-state index is 0.0101. The highest BCUT2D eigenvalue weighted by atomic mass is 35.5. The van der Waals surface area contributed by atoms with Crippen LogP contribution in [0.4, 0.5) is 13.2 Å². The lowest BCUT2D eigenvalue weighted by Crippen LogP contribution is -2.18. The Morgan fingerprint density at radius 1 is 1.23 bits per heavy atom. The van der Waals surface area contributed by atoms with Gasteiger partial charge in [-0.1, -0.05) is 29.8 Å². The van der Waals surface area contributed by atoms with Crippen molar-refractivity contribution in [3.05, 3.63) is 47.2 Å². The number of benzene rings is 1. The number of ether oxygens (including phenoxy) is 2. The Balaban J connectivity index is 2.65. The van der Waals surface area contributed by atoms with Crippen LogP contribution in [0.2, 0.25) is 5.15 Å². The molecule has 0 N–H and O–H groups in total. The van der Waals surface area contributed by atoms with E-state index in [0.717, 1.165) is 13.2 Å². The largest absolute Gasteiger partial charge is 0.573 e. The molecule has 116 valence electrons. The molecular formula is C14H9ClF3NO3. The van der Waals surface area contributed by atoms with Crippen molar-refractivity contribution in [3.8, 4) is 16.9 Å². The van der Waals surface area contributed by atoms with Gasteiger partial charge in [0.25, 0.3) is 0 Å². The highest BCUT2D eigenvalue weighted by molar-refractivity contribution is 6.33. The second-order valence-corrected chi connectivity index (χ2v) is 4.42. The molecule has 0 fully saturated rings. The third kappa shape index (κ3) is 3.48. The molecule has 0 bridgehead atoms. The number of nitrogens with zero attached hydrogens (tertiary/aromatic N) is 1. The van der Waals surface area contributed by atoms with Crippen molar-refractivity contribution >= 4 is 17.6 Å². The number of para-hydroxylation sites is 1. The molecule has 2 aromatic rings. The number of pyridine rings is 1. The monoisotopic (exact) mass is 331 g/mol. The summed E-state index contributed by atoms with van der Waals surface area (Å²) in [6.07, 6.45) is -3.62. The molecule has 0 aliphatic rings. The predicted molar refractivity (Wildman–Crippen MR) is 72.7 cm³/mol. The van der Waals surface area contributed by atoms with Crippen molar-refractivity contribution in [1.82, 2.24) is 4.98 Å². The Morgan fingerprint density at radius 3 is 2.55 bits per heavy atom. The predicted octanol–water partition coefficient (Wildman–Crippen LogP) is 4.09. The van der Waals surface area contributed by atoms with Gasteiger partial charge in [0.1, 0.15) is 10.9 Å². The van der Waals surface area contributed by atoms with Crippen LogP contribution in [0.1, 0.15) is 10.4 Å². The zero-order valence-electron chi connectivity index (χ0n) is 11.1. The Kier molecular flexibility index (Phi) is 4.56. The number of rotatable bonds is 3. The van der Waals surface area contributed by atoms with Crippen LogP contribution in [-0.2, 0) is 4.74 Å². The molecule has 22 heavy (non-hydrogen) atoms. The third-order valence-electron chi connectivity index (χ3n) is 2.69. The molecule has 8 heteroatoms. The van der Waals surface area contributed by atoms with Crippen LogP contribution in [0.25, 0.3) is 11.1 Å². The molecule has 0 amide bonds. The summed E-state index contributed by atoms with van der Waals surface area (Å²) in [6, 6.07) is 6.62. The fourth-order valence-corrected chi connectivity index (χ4v) is 2.12. The quantitative estimate of drug-likeness (QED) is 0.628. The number of carbonyl (C=O) groups excluding carboxylic acids is 1. The highest BCUT2D eigenvalue weighted by Crippen LogP contribution is 2.38. The Morgan fingerprint density at radius 2 is 1.91 bits per heavy atom. The normalized spacial score (nSPS) is 11.1. The van der Waals surface area contributed by atoms with E-state index < -0.39 is 18.1 Å². The van der Waals surface area contributed by atoms with Crippen LogP contribution in [0.5, 0.6) is 5.75 Å². The minimum Gasteiger partial charge on any atom is -0.465 e. The van der Waals surface area contributed by atoms with Gasteiger partial charge in [-0.3, -0.25) is 0 Å². The van der Waals surface area contributed by atoms with Crippen molar-refractivity contribution in [1.29, 1.82) is 0 Å². The lowest BCUT2D eigenvalue weighted by Gasteiger charge is -2.15. The zero-order valence-corrected chi connectivity index (χ0v) is 11.9. The van der Waals surface area contributed by atoms with Gasteiger partial charge in [0.05, 0.1) is 12.7 Å². The molecule has 0 aliphatic heterocycles. The van der Waals surface area contributed by atoms with Crippen LogP contribution in [0.3, 0.4) is 0 Å². The van der Waals surface area contributed by atoms with Gasteiger partial charge < -0.3 is 9.47 Å².